The van der Waals surface area contributed by atoms with Crippen molar-refractivity contribution in [3.8, 4) is 0 Å². The van der Waals surface area contributed by atoms with Gasteiger partial charge in [0, 0.05) is 13.8 Å². The van der Waals surface area contributed by atoms with Gasteiger partial charge in [-0.1, -0.05) is 0 Å². The lowest BCUT2D eigenvalue weighted by Crippen LogP contribution is -2.42. The first-order valence-electron chi connectivity index (χ1n) is 6.18. The lowest BCUT2D eigenvalue weighted by Gasteiger charge is -2.31. The zero-order valence-electron chi connectivity index (χ0n) is 11.6. The fraction of sp³-hybridized carbons (Fsp3) is 0.692. The second kappa shape index (κ2) is 7.25. The van der Waals surface area contributed by atoms with Crippen molar-refractivity contribution in [1.82, 2.24) is 0 Å². The van der Waals surface area contributed by atoms with E-state index in [2.05, 4.69) is 0 Å². The molecule has 6 heteroatoms. The highest BCUT2D eigenvalue weighted by molar-refractivity contribution is 5.66. The summed E-state index contributed by atoms with van der Waals surface area (Å²) >= 11 is 0. The molecule has 3 unspecified atom stereocenters. The van der Waals surface area contributed by atoms with Gasteiger partial charge in [-0.2, -0.15) is 0 Å². The van der Waals surface area contributed by atoms with Crippen molar-refractivity contribution in [1.29, 1.82) is 0 Å². The summed E-state index contributed by atoms with van der Waals surface area (Å²) in [7, 11) is 0. The van der Waals surface area contributed by atoms with Crippen LogP contribution in [0.15, 0.2) is 12.2 Å². The molecule has 0 aromatic heterocycles. The van der Waals surface area contributed by atoms with Crippen LogP contribution in [-0.2, 0) is 28.5 Å². The van der Waals surface area contributed by atoms with E-state index >= 15 is 0 Å². The van der Waals surface area contributed by atoms with Crippen LogP contribution >= 0.6 is 0 Å². The Balaban J connectivity index is 2.65. The van der Waals surface area contributed by atoms with E-state index in [0.717, 1.165) is 0 Å². The first kappa shape index (κ1) is 15.7. The van der Waals surface area contributed by atoms with Gasteiger partial charge in [0.15, 0.2) is 6.29 Å². The van der Waals surface area contributed by atoms with Crippen molar-refractivity contribution in [3.63, 3.8) is 0 Å². The SMILES string of the molecule is CC(=O)OCC1OC(OC(C)C)C=CC1OC(C)=O. The van der Waals surface area contributed by atoms with E-state index in [0.29, 0.717) is 0 Å². The molecule has 1 heterocycles. The molecule has 1 aliphatic heterocycles. The second-order valence-electron chi connectivity index (χ2n) is 4.49. The first-order valence-corrected chi connectivity index (χ1v) is 6.18. The second-order valence-corrected chi connectivity index (χ2v) is 4.49. The minimum Gasteiger partial charge on any atom is -0.463 e. The van der Waals surface area contributed by atoms with Crippen LogP contribution in [-0.4, -0.2) is 43.1 Å². The Hall–Kier alpha value is -1.40. The zero-order valence-corrected chi connectivity index (χ0v) is 11.6. The molecule has 3 atom stereocenters. The highest BCUT2D eigenvalue weighted by Gasteiger charge is 2.31. The first-order chi connectivity index (χ1) is 8.88. The van der Waals surface area contributed by atoms with Crippen molar-refractivity contribution < 1.29 is 28.5 Å². The number of carbonyl (C=O) groups is 2. The van der Waals surface area contributed by atoms with E-state index in [1.165, 1.54) is 13.8 Å². The Kier molecular flexibility index (Phi) is 5.98. The maximum Gasteiger partial charge on any atom is 0.303 e. The Labute approximate surface area is 112 Å². The summed E-state index contributed by atoms with van der Waals surface area (Å²) in [6, 6.07) is 0. The summed E-state index contributed by atoms with van der Waals surface area (Å²) in [5, 5.41) is 0. The maximum atomic E-state index is 11.0. The van der Waals surface area contributed by atoms with Gasteiger partial charge in [-0.25, -0.2) is 0 Å². The van der Waals surface area contributed by atoms with Crippen LogP contribution in [0.25, 0.3) is 0 Å². The Morgan fingerprint density at radius 1 is 1.21 bits per heavy atom. The molecule has 0 bridgehead atoms. The molecule has 0 aliphatic carbocycles. The monoisotopic (exact) mass is 272 g/mol. The molecule has 0 saturated carbocycles. The summed E-state index contributed by atoms with van der Waals surface area (Å²) in [6.45, 7) is 6.40. The largest absolute Gasteiger partial charge is 0.463 e. The number of esters is 2. The summed E-state index contributed by atoms with van der Waals surface area (Å²) in [5.74, 6) is -0.838. The average Bonchev–Trinajstić information content (AvgIpc) is 2.27. The van der Waals surface area contributed by atoms with Crippen LogP contribution in [0, 0.1) is 0 Å². The smallest absolute Gasteiger partial charge is 0.303 e. The highest BCUT2D eigenvalue weighted by atomic mass is 16.7. The van der Waals surface area contributed by atoms with E-state index in [1.54, 1.807) is 12.2 Å². The molecule has 1 rings (SSSR count). The zero-order chi connectivity index (χ0) is 14.4. The van der Waals surface area contributed by atoms with Crippen LogP contribution in [0.3, 0.4) is 0 Å². The minimum atomic E-state index is -0.580. The normalized spacial score (nSPS) is 26.3. The van der Waals surface area contributed by atoms with E-state index in [9.17, 15) is 9.59 Å². The Bertz CT molecular complexity index is 349. The number of rotatable bonds is 5. The molecule has 0 amide bonds. The fourth-order valence-corrected chi connectivity index (χ4v) is 1.61. The quantitative estimate of drug-likeness (QED) is 0.553. The van der Waals surface area contributed by atoms with Crippen molar-refractivity contribution in [2.45, 2.75) is 52.3 Å². The number of hydrogen-bond acceptors (Lipinski definition) is 6. The summed E-state index contributed by atoms with van der Waals surface area (Å²) < 4.78 is 21.1. The lowest BCUT2D eigenvalue weighted by atomic mass is 10.1. The number of carbonyl (C=O) groups excluding carboxylic acids is 2. The standard InChI is InChI=1S/C13H20O6/c1-8(2)17-13-6-5-11(18-10(4)15)12(19-13)7-16-9(3)14/h5-6,8,11-13H,7H2,1-4H3. The van der Waals surface area contributed by atoms with E-state index in [-0.39, 0.29) is 12.7 Å². The topological polar surface area (TPSA) is 71.1 Å². The minimum absolute atomic E-state index is 0.00528. The van der Waals surface area contributed by atoms with Gasteiger partial charge in [-0.15, -0.1) is 0 Å². The Morgan fingerprint density at radius 2 is 1.89 bits per heavy atom. The van der Waals surface area contributed by atoms with Crippen molar-refractivity contribution in [2.75, 3.05) is 6.61 Å². The molecule has 0 spiro atoms. The van der Waals surface area contributed by atoms with E-state index in [4.69, 9.17) is 18.9 Å². The molecular formula is C13H20O6. The molecule has 6 nitrogen and oxygen atoms in total. The third-order valence-corrected chi connectivity index (χ3v) is 2.29. The molecule has 0 saturated heterocycles. The molecule has 0 N–H and O–H groups in total. The van der Waals surface area contributed by atoms with Gasteiger partial charge in [-0.05, 0) is 26.0 Å². The van der Waals surface area contributed by atoms with Crippen molar-refractivity contribution >= 4 is 11.9 Å². The third-order valence-electron chi connectivity index (χ3n) is 2.29. The number of hydrogen-bond donors (Lipinski definition) is 0. The van der Waals surface area contributed by atoms with E-state index in [1.807, 2.05) is 13.8 Å². The van der Waals surface area contributed by atoms with Crippen LogP contribution in [0.2, 0.25) is 0 Å². The molecule has 0 radical (unpaired) electrons. The van der Waals surface area contributed by atoms with Crippen molar-refractivity contribution in [2.24, 2.45) is 0 Å². The average molecular weight is 272 g/mol. The summed E-state index contributed by atoms with van der Waals surface area (Å²) in [6.07, 6.45) is 1.68. The molecule has 0 aromatic carbocycles. The van der Waals surface area contributed by atoms with Gasteiger partial charge >= 0.3 is 11.9 Å². The Morgan fingerprint density at radius 3 is 2.42 bits per heavy atom. The summed E-state index contributed by atoms with van der Waals surface area (Å²) in [4.78, 5) is 21.8. The van der Waals surface area contributed by atoms with Gasteiger partial charge in [0.2, 0.25) is 0 Å². The molecule has 108 valence electrons. The van der Waals surface area contributed by atoms with Gasteiger partial charge in [0.25, 0.3) is 0 Å². The molecular weight excluding hydrogens is 252 g/mol. The number of ether oxygens (including phenoxy) is 4. The van der Waals surface area contributed by atoms with Gasteiger partial charge in [-0.3, -0.25) is 9.59 Å². The van der Waals surface area contributed by atoms with Gasteiger partial charge in [0.1, 0.15) is 18.8 Å². The van der Waals surface area contributed by atoms with Crippen LogP contribution in [0.5, 0.6) is 0 Å². The molecule has 0 fully saturated rings. The molecule has 19 heavy (non-hydrogen) atoms. The van der Waals surface area contributed by atoms with Crippen LogP contribution < -0.4 is 0 Å². The summed E-state index contributed by atoms with van der Waals surface area (Å²) in [5.41, 5.74) is 0. The predicted molar refractivity (Wildman–Crippen MR) is 66.2 cm³/mol. The fourth-order valence-electron chi connectivity index (χ4n) is 1.61. The predicted octanol–water partition coefficient (Wildman–Crippen LogP) is 1.19. The van der Waals surface area contributed by atoms with Gasteiger partial charge < -0.3 is 18.9 Å². The molecule has 0 aromatic rings. The molecule has 1 aliphatic rings. The van der Waals surface area contributed by atoms with Crippen molar-refractivity contribution in [3.05, 3.63) is 12.2 Å². The van der Waals surface area contributed by atoms with E-state index < -0.39 is 30.4 Å². The van der Waals surface area contributed by atoms with Crippen LogP contribution in [0.4, 0.5) is 0 Å². The van der Waals surface area contributed by atoms with Gasteiger partial charge in [0.05, 0.1) is 6.10 Å². The maximum absolute atomic E-state index is 11.0. The van der Waals surface area contributed by atoms with Crippen LogP contribution in [0.1, 0.15) is 27.7 Å². The lowest BCUT2D eigenvalue weighted by molar-refractivity contribution is -0.205. The third kappa shape index (κ3) is 5.85. The highest BCUT2D eigenvalue weighted by Crippen LogP contribution is 2.18.